The Hall–Kier alpha value is -2.35. The largest absolute Gasteiger partial charge is 0.483 e. The zero-order valence-electron chi connectivity index (χ0n) is 21.3. The van der Waals surface area contributed by atoms with Gasteiger partial charge in [-0.25, -0.2) is 4.79 Å². The van der Waals surface area contributed by atoms with Crippen molar-refractivity contribution in [3.63, 3.8) is 0 Å². The second kappa shape index (κ2) is 12.8. The molecular formula is C25H42N2O6. The van der Waals surface area contributed by atoms with E-state index in [0.29, 0.717) is 37.4 Å². The zero-order chi connectivity index (χ0) is 25.1. The lowest BCUT2D eigenvalue weighted by atomic mass is 9.89. The van der Waals surface area contributed by atoms with Crippen LogP contribution in [0.5, 0.6) is 0 Å². The number of carbonyl (C=O) groups is 3. The smallest absolute Gasteiger partial charge is 0.407 e. The molecule has 0 unspecified atom stereocenters. The Morgan fingerprint density at radius 3 is 2.30 bits per heavy atom. The molecule has 0 radical (unpaired) electrons. The van der Waals surface area contributed by atoms with Crippen molar-refractivity contribution in [3.8, 4) is 0 Å². The second-order valence-corrected chi connectivity index (χ2v) is 10.7. The third-order valence-electron chi connectivity index (χ3n) is 5.06. The van der Waals surface area contributed by atoms with Crippen LogP contribution in [0, 0.1) is 5.41 Å². The summed E-state index contributed by atoms with van der Waals surface area (Å²) in [5.41, 5.74) is -0.595. The average Bonchev–Trinajstić information content (AvgIpc) is 2.69. The summed E-state index contributed by atoms with van der Waals surface area (Å²) < 4.78 is 16.8. The number of allylic oxidation sites excluding steroid dienone is 3. The van der Waals surface area contributed by atoms with Gasteiger partial charge < -0.3 is 24.8 Å². The van der Waals surface area contributed by atoms with Gasteiger partial charge in [-0.3, -0.25) is 9.59 Å². The summed E-state index contributed by atoms with van der Waals surface area (Å²) in [5, 5.41) is 5.64. The molecule has 8 nitrogen and oxygen atoms in total. The molecule has 1 rings (SSSR count). The number of ether oxygens (including phenoxy) is 3. The molecule has 0 saturated heterocycles. The molecule has 0 heterocycles. The highest BCUT2D eigenvalue weighted by Gasteiger charge is 2.24. The summed E-state index contributed by atoms with van der Waals surface area (Å²) in [6, 6.07) is 0. The van der Waals surface area contributed by atoms with Crippen molar-refractivity contribution in [1.82, 2.24) is 10.6 Å². The van der Waals surface area contributed by atoms with Crippen molar-refractivity contribution in [1.29, 1.82) is 0 Å². The topological polar surface area (TPSA) is 103 Å². The molecule has 0 spiro atoms. The van der Waals surface area contributed by atoms with Gasteiger partial charge in [-0.05, 0) is 71.8 Å². The van der Waals surface area contributed by atoms with Crippen LogP contribution in [-0.2, 0) is 23.8 Å². The standard InChI is InChI=1S/C25H42N2O6/c1-23(2,3)33-22(30)27-18-24(4,5)13-15-32-25(6,7)12-14-26-21(29)17-31-20-11-9-8-10-19(20)16-28/h10-11,16H,8-9,12-15,17-18H2,1-7H3,(H,26,29)(H,27,30). The molecule has 0 aliphatic heterocycles. The molecule has 8 heteroatoms. The van der Waals surface area contributed by atoms with Gasteiger partial charge in [0.2, 0.25) is 0 Å². The van der Waals surface area contributed by atoms with Crippen LogP contribution in [0.4, 0.5) is 4.79 Å². The van der Waals surface area contributed by atoms with Gasteiger partial charge in [-0.1, -0.05) is 19.9 Å². The van der Waals surface area contributed by atoms with Gasteiger partial charge in [0.1, 0.15) is 11.4 Å². The Labute approximate surface area is 198 Å². The van der Waals surface area contributed by atoms with E-state index in [1.807, 2.05) is 46.8 Å². The SMILES string of the molecule is CC(C)(CCOC(C)(C)CCNC(=O)COC1=CCCC=C1C=O)CNC(=O)OC(C)(C)C. The molecule has 1 aliphatic carbocycles. The van der Waals surface area contributed by atoms with Crippen molar-refractivity contribution < 1.29 is 28.6 Å². The molecular weight excluding hydrogens is 424 g/mol. The summed E-state index contributed by atoms with van der Waals surface area (Å²) in [6.45, 7) is 14.9. The summed E-state index contributed by atoms with van der Waals surface area (Å²) in [6.07, 6.45) is 6.97. The third-order valence-corrected chi connectivity index (χ3v) is 5.06. The Balaban J connectivity index is 2.26. The maximum absolute atomic E-state index is 12.1. The number of alkyl carbamates (subject to hydrolysis) is 1. The van der Waals surface area contributed by atoms with Crippen LogP contribution in [0.2, 0.25) is 0 Å². The Bertz CT molecular complexity index is 732. The summed E-state index contributed by atoms with van der Waals surface area (Å²) >= 11 is 0. The zero-order valence-corrected chi connectivity index (χ0v) is 21.3. The van der Waals surface area contributed by atoms with E-state index in [9.17, 15) is 14.4 Å². The van der Waals surface area contributed by atoms with Gasteiger partial charge in [0.15, 0.2) is 12.9 Å². The van der Waals surface area contributed by atoms with Crippen LogP contribution in [0.3, 0.4) is 0 Å². The fraction of sp³-hybridized carbons (Fsp3) is 0.720. The Kier molecular flexibility index (Phi) is 11.1. The Morgan fingerprint density at radius 1 is 1.00 bits per heavy atom. The van der Waals surface area contributed by atoms with Gasteiger partial charge in [-0.2, -0.15) is 0 Å². The molecule has 0 aromatic rings. The number of amides is 2. The highest BCUT2D eigenvalue weighted by atomic mass is 16.6. The number of carbonyl (C=O) groups excluding carboxylic acids is 3. The van der Waals surface area contributed by atoms with Crippen LogP contribution < -0.4 is 10.6 Å². The molecule has 2 amide bonds. The van der Waals surface area contributed by atoms with E-state index in [-0.39, 0.29) is 17.9 Å². The summed E-state index contributed by atoms with van der Waals surface area (Å²) in [7, 11) is 0. The molecule has 2 N–H and O–H groups in total. The number of rotatable bonds is 13. The lowest BCUT2D eigenvalue weighted by Gasteiger charge is -2.30. The third kappa shape index (κ3) is 13.1. The molecule has 0 bridgehead atoms. The lowest BCUT2D eigenvalue weighted by molar-refractivity contribution is -0.124. The normalized spacial score (nSPS) is 14.6. The van der Waals surface area contributed by atoms with Crippen LogP contribution in [0.1, 0.15) is 74.1 Å². The van der Waals surface area contributed by atoms with E-state index in [0.717, 1.165) is 25.5 Å². The number of aldehydes is 1. The minimum atomic E-state index is -0.522. The first-order valence-electron chi connectivity index (χ1n) is 11.6. The molecule has 0 saturated carbocycles. The maximum Gasteiger partial charge on any atom is 0.407 e. The summed E-state index contributed by atoms with van der Waals surface area (Å²) in [4.78, 5) is 35.0. The predicted molar refractivity (Wildman–Crippen MR) is 128 cm³/mol. The first-order chi connectivity index (χ1) is 15.2. The van der Waals surface area contributed by atoms with E-state index in [2.05, 4.69) is 24.5 Å². The van der Waals surface area contributed by atoms with E-state index in [1.165, 1.54) is 0 Å². The van der Waals surface area contributed by atoms with E-state index in [1.54, 1.807) is 0 Å². The number of hydrogen-bond donors (Lipinski definition) is 2. The summed E-state index contributed by atoms with van der Waals surface area (Å²) in [5.74, 6) is 0.232. The fourth-order valence-corrected chi connectivity index (χ4v) is 3.01. The van der Waals surface area contributed by atoms with Crippen molar-refractivity contribution >= 4 is 18.3 Å². The molecule has 0 aromatic carbocycles. The van der Waals surface area contributed by atoms with Crippen LogP contribution >= 0.6 is 0 Å². The molecule has 188 valence electrons. The Morgan fingerprint density at radius 2 is 1.67 bits per heavy atom. The van der Waals surface area contributed by atoms with Gasteiger partial charge >= 0.3 is 6.09 Å². The first kappa shape index (κ1) is 28.7. The van der Waals surface area contributed by atoms with Crippen LogP contribution in [0.15, 0.2) is 23.5 Å². The van der Waals surface area contributed by atoms with Gasteiger partial charge in [0, 0.05) is 19.7 Å². The van der Waals surface area contributed by atoms with Crippen molar-refractivity contribution in [2.75, 3.05) is 26.3 Å². The molecule has 33 heavy (non-hydrogen) atoms. The van der Waals surface area contributed by atoms with Crippen LogP contribution in [-0.4, -0.2) is 55.8 Å². The van der Waals surface area contributed by atoms with Crippen LogP contribution in [0.25, 0.3) is 0 Å². The quantitative estimate of drug-likeness (QED) is 0.397. The average molecular weight is 467 g/mol. The molecule has 0 fully saturated rings. The molecule has 0 aromatic heterocycles. The van der Waals surface area contributed by atoms with Crippen molar-refractivity contribution in [3.05, 3.63) is 23.5 Å². The number of nitrogens with one attached hydrogen (secondary N) is 2. The fourth-order valence-electron chi connectivity index (χ4n) is 3.01. The second-order valence-electron chi connectivity index (χ2n) is 10.7. The van der Waals surface area contributed by atoms with E-state index >= 15 is 0 Å². The first-order valence-corrected chi connectivity index (χ1v) is 11.6. The van der Waals surface area contributed by atoms with Gasteiger partial charge in [-0.15, -0.1) is 0 Å². The van der Waals surface area contributed by atoms with Crippen molar-refractivity contribution in [2.24, 2.45) is 5.41 Å². The molecule has 1 aliphatic rings. The predicted octanol–water partition coefficient (Wildman–Crippen LogP) is 4.05. The minimum Gasteiger partial charge on any atom is -0.483 e. The lowest BCUT2D eigenvalue weighted by Crippen LogP contribution is -2.39. The highest BCUT2D eigenvalue weighted by Crippen LogP contribution is 2.22. The number of hydrogen-bond acceptors (Lipinski definition) is 6. The van der Waals surface area contributed by atoms with Gasteiger partial charge in [0.25, 0.3) is 5.91 Å². The van der Waals surface area contributed by atoms with E-state index in [4.69, 9.17) is 14.2 Å². The molecule has 0 atom stereocenters. The maximum atomic E-state index is 12.1. The highest BCUT2D eigenvalue weighted by molar-refractivity contribution is 5.80. The van der Waals surface area contributed by atoms with Crippen molar-refractivity contribution in [2.45, 2.75) is 85.4 Å². The van der Waals surface area contributed by atoms with Gasteiger partial charge in [0.05, 0.1) is 11.2 Å². The van der Waals surface area contributed by atoms with E-state index < -0.39 is 17.3 Å². The minimum absolute atomic E-state index is 0.128. The monoisotopic (exact) mass is 466 g/mol.